The molecule has 9 heteroatoms. The largest absolute Gasteiger partial charge is 0.330 e. The Morgan fingerprint density at radius 3 is 2.52 bits per heavy atom. The van der Waals surface area contributed by atoms with Crippen molar-refractivity contribution in [3.8, 4) is 11.4 Å². The van der Waals surface area contributed by atoms with Crippen molar-refractivity contribution in [1.82, 2.24) is 24.3 Å². The van der Waals surface area contributed by atoms with E-state index in [1.54, 1.807) is 39.8 Å². The third kappa shape index (κ3) is 3.60. The number of nitrogens with zero attached hydrogens (tertiary/aromatic N) is 6. The molecule has 0 saturated carbocycles. The van der Waals surface area contributed by atoms with Gasteiger partial charge in [0, 0.05) is 19.4 Å². The summed E-state index contributed by atoms with van der Waals surface area (Å²) in [6, 6.07) is 8.46. The van der Waals surface area contributed by atoms with Crippen LogP contribution >= 0.6 is 12.2 Å². The second-order valence-electron chi connectivity index (χ2n) is 6.59. The van der Waals surface area contributed by atoms with E-state index < -0.39 is 0 Å². The van der Waals surface area contributed by atoms with Gasteiger partial charge in [-0.3, -0.25) is 0 Å². The zero-order valence-corrected chi connectivity index (χ0v) is 15.9. The molecule has 1 aromatic carbocycles. The van der Waals surface area contributed by atoms with Crippen molar-refractivity contribution in [3.05, 3.63) is 53.3 Å². The summed E-state index contributed by atoms with van der Waals surface area (Å²) in [5.41, 5.74) is 0.464. The van der Waals surface area contributed by atoms with Crippen LogP contribution in [0.4, 0.5) is 10.3 Å². The molecule has 0 bridgehead atoms. The maximum atomic E-state index is 14.1. The fourth-order valence-corrected chi connectivity index (χ4v) is 3.51. The van der Waals surface area contributed by atoms with Crippen molar-refractivity contribution in [2.24, 2.45) is 7.05 Å². The normalized spacial score (nSPS) is 15.3. The van der Waals surface area contributed by atoms with Gasteiger partial charge in [-0.25, -0.2) is 14.4 Å². The third-order valence-corrected chi connectivity index (χ3v) is 5.32. The molecular weight excluding hydrogens is 365 g/mol. The summed E-state index contributed by atoms with van der Waals surface area (Å²) < 4.78 is 18.3. The zero-order valence-electron chi connectivity index (χ0n) is 15.0. The molecule has 2 aromatic heterocycles. The van der Waals surface area contributed by atoms with Crippen LogP contribution in [0.2, 0.25) is 0 Å². The molecule has 1 saturated heterocycles. The fourth-order valence-electron chi connectivity index (χ4n) is 3.32. The Balaban J connectivity index is 1.47. The first kappa shape index (κ1) is 17.7. The molecule has 0 radical (unpaired) electrons. The third-order valence-electron chi connectivity index (χ3n) is 4.83. The van der Waals surface area contributed by atoms with Gasteiger partial charge in [-0.2, -0.15) is 4.68 Å². The summed E-state index contributed by atoms with van der Waals surface area (Å²) in [6.45, 7) is 4.28. The van der Waals surface area contributed by atoms with Crippen molar-refractivity contribution in [2.45, 2.75) is 6.67 Å². The molecule has 0 atom stereocenters. The van der Waals surface area contributed by atoms with Gasteiger partial charge >= 0.3 is 0 Å². The minimum atomic E-state index is -0.295. The van der Waals surface area contributed by atoms with Gasteiger partial charge in [0.2, 0.25) is 10.7 Å². The van der Waals surface area contributed by atoms with Gasteiger partial charge in [0.25, 0.3) is 0 Å². The average molecular weight is 386 g/mol. The van der Waals surface area contributed by atoms with Crippen LogP contribution in [-0.2, 0) is 13.7 Å². The van der Waals surface area contributed by atoms with Crippen molar-refractivity contribution in [3.63, 3.8) is 0 Å². The van der Waals surface area contributed by atoms with Gasteiger partial charge in [-0.15, -0.1) is 5.10 Å². The van der Waals surface area contributed by atoms with Crippen LogP contribution < -0.4 is 9.80 Å². The maximum Gasteiger partial charge on any atom is 0.225 e. The summed E-state index contributed by atoms with van der Waals surface area (Å²) in [4.78, 5) is 12.2. The van der Waals surface area contributed by atoms with Crippen LogP contribution in [0.3, 0.4) is 0 Å². The molecule has 7 nitrogen and oxygen atoms in total. The smallest absolute Gasteiger partial charge is 0.225 e. The molecular formula is C18H21FN7S+. The molecule has 1 aliphatic heterocycles. The Labute approximate surface area is 161 Å². The zero-order chi connectivity index (χ0) is 18.8. The molecule has 0 spiro atoms. The van der Waals surface area contributed by atoms with E-state index in [1.165, 1.54) is 11.0 Å². The molecule has 1 N–H and O–H groups in total. The van der Waals surface area contributed by atoms with Gasteiger partial charge in [-0.1, -0.05) is 12.1 Å². The van der Waals surface area contributed by atoms with Crippen molar-refractivity contribution in [1.29, 1.82) is 0 Å². The molecule has 1 aliphatic rings. The Bertz CT molecular complexity index is 977. The molecule has 0 aliphatic carbocycles. The monoisotopic (exact) mass is 386 g/mol. The molecule has 4 rings (SSSR count). The van der Waals surface area contributed by atoms with Gasteiger partial charge in [0.15, 0.2) is 12.5 Å². The Morgan fingerprint density at radius 1 is 1.11 bits per heavy atom. The summed E-state index contributed by atoms with van der Waals surface area (Å²) in [7, 11) is 1.83. The number of halogens is 1. The topological polar surface area (TPSA) is 56.2 Å². The Morgan fingerprint density at radius 2 is 1.81 bits per heavy atom. The second-order valence-corrected chi connectivity index (χ2v) is 6.95. The number of hydrogen-bond acceptors (Lipinski definition) is 5. The predicted octanol–water partition coefficient (Wildman–Crippen LogP) is 0.910. The predicted molar refractivity (Wildman–Crippen MR) is 102 cm³/mol. The second kappa shape index (κ2) is 7.53. The SMILES string of the molecule is Cn1c(-c2ccccc2F)nn(C[NH+]2CCN(c3ncccn3)CC2)c1=S. The quantitative estimate of drug-likeness (QED) is 0.676. The van der Waals surface area contributed by atoms with Crippen LogP contribution in [-0.4, -0.2) is 50.5 Å². The lowest BCUT2D eigenvalue weighted by Gasteiger charge is -2.31. The van der Waals surface area contributed by atoms with Crippen LogP contribution in [0.25, 0.3) is 11.4 Å². The molecule has 3 aromatic rings. The number of benzene rings is 1. The van der Waals surface area contributed by atoms with E-state index in [-0.39, 0.29) is 5.82 Å². The number of rotatable bonds is 4. The first-order valence-corrected chi connectivity index (χ1v) is 9.28. The lowest BCUT2D eigenvalue weighted by atomic mass is 10.2. The number of anilines is 1. The lowest BCUT2D eigenvalue weighted by Crippen LogP contribution is -3.14. The lowest BCUT2D eigenvalue weighted by molar-refractivity contribution is -0.924. The number of nitrogens with one attached hydrogen (secondary N) is 1. The van der Waals surface area contributed by atoms with Crippen LogP contribution in [0.5, 0.6) is 0 Å². The highest BCUT2D eigenvalue weighted by Gasteiger charge is 2.23. The van der Waals surface area contributed by atoms with Crippen LogP contribution in [0.1, 0.15) is 0 Å². The number of aromatic nitrogens is 5. The summed E-state index contributed by atoms with van der Waals surface area (Å²) in [5.74, 6) is 1.03. The Hall–Kier alpha value is -2.65. The average Bonchev–Trinajstić information content (AvgIpc) is 2.98. The van der Waals surface area contributed by atoms with Gasteiger partial charge in [-0.05, 0) is 30.4 Å². The van der Waals surface area contributed by atoms with E-state index in [0.717, 1.165) is 32.1 Å². The molecule has 0 unspecified atom stereocenters. The van der Waals surface area contributed by atoms with Crippen molar-refractivity contribution >= 4 is 18.2 Å². The van der Waals surface area contributed by atoms with Gasteiger partial charge in [0.1, 0.15) is 5.82 Å². The standard InChI is InChI=1S/C18H20FN7S/c1-23-16(14-5-2-3-6-15(14)19)22-26(18(23)27)13-24-9-11-25(12-10-24)17-20-7-4-8-21-17/h2-8H,9-13H2,1H3/p+1. The van der Waals surface area contributed by atoms with Gasteiger partial charge < -0.3 is 14.4 Å². The van der Waals surface area contributed by atoms with Crippen molar-refractivity contribution in [2.75, 3.05) is 31.1 Å². The number of piperazine rings is 1. The molecule has 140 valence electrons. The van der Waals surface area contributed by atoms with E-state index in [1.807, 2.05) is 13.1 Å². The molecule has 27 heavy (non-hydrogen) atoms. The van der Waals surface area contributed by atoms with E-state index in [0.29, 0.717) is 22.8 Å². The van der Waals surface area contributed by atoms with E-state index in [9.17, 15) is 4.39 Å². The first-order valence-electron chi connectivity index (χ1n) is 8.88. The van der Waals surface area contributed by atoms with E-state index in [4.69, 9.17) is 12.2 Å². The van der Waals surface area contributed by atoms with Crippen LogP contribution in [0, 0.1) is 10.6 Å². The van der Waals surface area contributed by atoms with Crippen molar-refractivity contribution < 1.29 is 9.29 Å². The highest BCUT2D eigenvalue weighted by atomic mass is 32.1. The van der Waals surface area contributed by atoms with Gasteiger partial charge in [0.05, 0.1) is 31.7 Å². The number of hydrogen-bond donors (Lipinski definition) is 1. The highest BCUT2D eigenvalue weighted by molar-refractivity contribution is 7.71. The fraction of sp³-hybridized carbons (Fsp3) is 0.333. The first-order chi connectivity index (χ1) is 13.1. The minimum absolute atomic E-state index is 0.295. The highest BCUT2D eigenvalue weighted by Crippen LogP contribution is 2.20. The summed E-state index contributed by atoms with van der Waals surface area (Å²) >= 11 is 5.52. The van der Waals surface area contributed by atoms with E-state index >= 15 is 0 Å². The minimum Gasteiger partial charge on any atom is -0.330 e. The van der Waals surface area contributed by atoms with E-state index in [2.05, 4.69) is 20.0 Å². The molecule has 0 amide bonds. The number of quaternary nitrogens is 1. The molecule has 1 fully saturated rings. The summed E-state index contributed by atoms with van der Waals surface area (Å²) in [6.07, 6.45) is 3.53. The van der Waals surface area contributed by atoms with Crippen LogP contribution in [0.15, 0.2) is 42.7 Å². The maximum absolute atomic E-state index is 14.1. The Kier molecular flexibility index (Phi) is 4.95. The molecule has 3 heterocycles. The summed E-state index contributed by atoms with van der Waals surface area (Å²) in [5, 5.41) is 4.59.